The van der Waals surface area contributed by atoms with Gasteiger partial charge in [0.2, 0.25) is 0 Å². The highest BCUT2D eigenvalue weighted by molar-refractivity contribution is 9.10. The van der Waals surface area contributed by atoms with Crippen LogP contribution in [-0.2, 0) is 4.79 Å². The number of anilines is 1. The Morgan fingerprint density at radius 2 is 2.06 bits per heavy atom. The van der Waals surface area contributed by atoms with Gasteiger partial charge in [0.05, 0.1) is 10.7 Å². The van der Waals surface area contributed by atoms with Crippen LogP contribution in [-0.4, -0.2) is 12.0 Å². The fourth-order valence-electron chi connectivity index (χ4n) is 0.908. The van der Waals surface area contributed by atoms with Crippen molar-refractivity contribution in [1.82, 2.24) is 0 Å². The second-order valence-electron chi connectivity index (χ2n) is 2.96. The molecule has 0 atom stereocenters. The van der Waals surface area contributed by atoms with Gasteiger partial charge in [-0.2, -0.15) is 13.2 Å². The maximum absolute atomic E-state index is 11.8. The molecule has 0 amide bonds. The lowest BCUT2D eigenvalue weighted by Gasteiger charge is -2.04. The smallest absolute Gasteiger partial charge is 0.360 e. The summed E-state index contributed by atoms with van der Waals surface area (Å²) in [4.78, 5) is 10.5. The number of benzene rings is 1. The molecule has 1 N–H and O–H groups in total. The van der Waals surface area contributed by atoms with E-state index in [1.807, 2.05) is 0 Å². The number of carbonyl (C=O) groups is 1. The van der Waals surface area contributed by atoms with E-state index in [0.29, 0.717) is 16.8 Å². The summed E-state index contributed by atoms with van der Waals surface area (Å²) >= 11 is 8.98. The van der Waals surface area contributed by atoms with Gasteiger partial charge >= 0.3 is 6.18 Å². The lowest BCUT2D eigenvalue weighted by atomic mass is 10.3. The highest BCUT2D eigenvalue weighted by Crippen LogP contribution is 2.25. The van der Waals surface area contributed by atoms with Crippen LogP contribution in [0.1, 0.15) is 0 Å². The van der Waals surface area contributed by atoms with Gasteiger partial charge in [-0.3, -0.25) is 4.79 Å². The zero-order chi connectivity index (χ0) is 13.1. The van der Waals surface area contributed by atoms with E-state index in [4.69, 9.17) is 11.6 Å². The third-order valence-electron chi connectivity index (χ3n) is 1.68. The molecule has 0 aromatic heterocycles. The summed E-state index contributed by atoms with van der Waals surface area (Å²) in [5.74, 6) is -1.93. The zero-order valence-corrected chi connectivity index (χ0v) is 10.5. The molecule has 0 aliphatic heterocycles. The largest absolute Gasteiger partial charge is 0.454 e. The molecule has 92 valence electrons. The summed E-state index contributed by atoms with van der Waals surface area (Å²) in [6.45, 7) is 0. The summed E-state index contributed by atoms with van der Waals surface area (Å²) in [6.07, 6.45) is -3.56. The number of nitrogens with one attached hydrogen (secondary N) is 1. The molecule has 0 aliphatic carbocycles. The van der Waals surface area contributed by atoms with Crippen LogP contribution >= 0.6 is 27.5 Å². The quantitative estimate of drug-likeness (QED) is 0.844. The molecule has 1 aromatic carbocycles. The fourth-order valence-corrected chi connectivity index (χ4v) is 1.64. The maximum Gasteiger partial charge on any atom is 0.454 e. The second-order valence-corrected chi connectivity index (χ2v) is 4.29. The zero-order valence-electron chi connectivity index (χ0n) is 8.18. The van der Waals surface area contributed by atoms with Crippen molar-refractivity contribution in [3.8, 4) is 0 Å². The predicted octanol–water partition coefficient (Wildman–Crippen LogP) is 4.16. The lowest BCUT2D eigenvalue weighted by molar-refractivity contribution is -0.165. The predicted molar refractivity (Wildman–Crippen MR) is 63.0 cm³/mol. The molecule has 0 radical (unpaired) electrons. The summed E-state index contributed by atoms with van der Waals surface area (Å²) in [6, 6.07) is 4.80. The molecule has 0 unspecified atom stereocenters. The molecule has 7 heteroatoms. The first-order valence-corrected chi connectivity index (χ1v) is 5.47. The van der Waals surface area contributed by atoms with Crippen molar-refractivity contribution in [3.63, 3.8) is 0 Å². The Hall–Kier alpha value is -1.01. The molecule has 2 nitrogen and oxygen atoms in total. The number of ketones is 1. The molecule has 0 heterocycles. The van der Waals surface area contributed by atoms with Crippen LogP contribution in [0.2, 0.25) is 5.02 Å². The molecule has 0 bridgehead atoms. The first-order valence-electron chi connectivity index (χ1n) is 4.30. The van der Waals surface area contributed by atoms with Gasteiger partial charge in [0, 0.05) is 16.7 Å². The summed E-state index contributed by atoms with van der Waals surface area (Å²) in [5.41, 5.74) is 0.404. The van der Waals surface area contributed by atoms with Crippen LogP contribution in [0.15, 0.2) is 34.9 Å². The van der Waals surface area contributed by atoms with Gasteiger partial charge < -0.3 is 5.32 Å². The highest BCUT2D eigenvalue weighted by Gasteiger charge is 2.35. The third kappa shape index (κ3) is 4.40. The lowest BCUT2D eigenvalue weighted by Crippen LogP contribution is -2.20. The van der Waals surface area contributed by atoms with Gasteiger partial charge in [0.1, 0.15) is 0 Å². The third-order valence-corrected chi connectivity index (χ3v) is 2.49. The monoisotopic (exact) mass is 327 g/mol. The fraction of sp³-hybridized carbons (Fsp3) is 0.100. The Morgan fingerprint density at radius 3 is 2.59 bits per heavy atom. The Labute approximate surface area is 109 Å². The van der Waals surface area contributed by atoms with E-state index in [0.717, 1.165) is 10.7 Å². The van der Waals surface area contributed by atoms with Crippen LogP contribution < -0.4 is 5.32 Å². The number of hydrogen-bond donors (Lipinski definition) is 1. The second kappa shape index (κ2) is 5.55. The molecule has 0 spiro atoms. The molecule has 0 saturated carbocycles. The van der Waals surface area contributed by atoms with Crippen molar-refractivity contribution in [1.29, 1.82) is 0 Å². The molecule has 0 saturated heterocycles. The van der Waals surface area contributed by atoms with Crippen molar-refractivity contribution >= 4 is 39.0 Å². The summed E-state index contributed by atoms with van der Waals surface area (Å²) in [5, 5.41) is 2.81. The van der Waals surface area contributed by atoms with E-state index in [9.17, 15) is 18.0 Å². The normalized spacial score (nSPS) is 11.8. The van der Waals surface area contributed by atoms with Crippen molar-refractivity contribution in [2.24, 2.45) is 0 Å². The van der Waals surface area contributed by atoms with Gasteiger partial charge in [-0.1, -0.05) is 27.5 Å². The summed E-state index contributed by atoms with van der Waals surface area (Å²) < 4.78 is 36.3. The van der Waals surface area contributed by atoms with E-state index < -0.39 is 12.0 Å². The van der Waals surface area contributed by atoms with Gasteiger partial charge in [0.15, 0.2) is 0 Å². The van der Waals surface area contributed by atoms with Gasteiger partial charge in [-0.05, 0) is 18.2 Å². The van der Waals surface area contributed by atoms with E-state index in [1.165, 1.54) is 0 Å². The Bertz CT molecular complexity index is 459. The number of carbonyl (C=O) groups excluding carboxylic acids is 1. The number of rotatable bonds is 3. The molecule has 1 aromatic rings. The first-order chi connectivity index (χ1) is 7.80. The molecule has 1 rings (SSSR count). The molecule has 17 heavy (non-hydrogen) atoms. The number of halogens is 5. The highest BCUT2D eigenvalue weighted by atomic mass is 79.9. The van der Waals surface area contributed by atoms with Crippen molar-refractivity contribution in [2.75, 3.05) is 5.32 Å². The molecular weight excluding hydrogens is 322 g/mol. The van der Waals surface area contributed by atoms with Crippen LogP contribution in [0.25, 0.3) is 0 Å². The van der Waals surface area contributed by atoms with E-state index in [2.05, 4.69) is 21.2 Å². The van der Waals surface area contributed by atoms with E-state index >= 15 is 0 Å². The van der Waals surface area contributed by atoms with Gasteiger partial charge in [-0.25, -0.2) is 0 Å². The minimum atomic E-state index is -4.86. The van der Waals surface area contributed by atoms with E-state index in [1.54, 1.807) is 18.2 Å². The van der Waals surface area contributed by atoms with Crippen LogP contribution in [0, 0.1) is 0 Å². The Balaban J connectivity index is 2.68. The first kappa shape index (κ1) is 14.1. The average molecular weight is 329 g/mol. The van der Waals surface area contributed by atoms with Crippen molar-refractivity contribution < 1.29 is 18.0 Å². The Morgan fingerprint density at radius 1 is 1.41 bits per heavy atom. The molecular formula is C10H6BrClF3NO. The van der Waals surface area contributed by atoms with Crippen LogP contribution in [0.4, 0.5) is 18.9 Å². The number of hydrogen-bond acceptors (Lipinski definition) is 2. The topological polar surface area (TPSA) is 29.1 Å². The Kier molecular flexibility index (Phi) is 4.59. The van der Waals surface area contributed by atoms with Gasteiger partial charge in [0.25, 0.3) is 5.78 Å². The van der Waals surface area contributed by atoms with Crippen molar-refractivity contribution in [2.45, 2.75) is 6.18 Å². The van der Waals surface area contributed by atoms with Crippen LogP contribution in [0.5, 0.6) is 0 Å². The van der Waals surface area contributed by atoms with Gasteiger partial charge in [-0.15, -0.1) is 0 Å². The minimum Gasteiger partial charge on any atom is -0.360 e. The standard InChI is InChI=1S/C10H6BrClF3NO/c11-6-1-2-8(7(12)5-6)16-4-3-9(17)10(13,14)15/h1-5,16H/b4-3+. The van der Waals surface area contributed by atoms with E-state index in [-0.39, 0.29) is 0 Å². The molecule has 0 aliphatic rings. The number of allylic oxidation sites excluding steroid dienone is 1. The molecule has 0 fully saturated rings. The average Bonchev–Trinajstić information content (AvgIpc) is 2.19. The maximum atomic E-state index is 11.8. The van der Waals surface area contributed by atoms with Crippen molar-refractivity contribution in [3.05, 3.63) is 40.0 Å². The number of alkyl halides is 3. The minimum absolute atomic E-state index is 0.323. The summed E-state index contributed by atoms with van der Waals surface area (Å²) in [7, 11) is 0. The van der Waals surface area contributed by atoms with Crippen LogP contribution in [0.3, 0.4) is 0 Å². The SMILES string of the molecule is O=C(/C=C/Nc1ccc(Br)cc1Cl)C(F)(F)F.